The van der Waals surface area contributed by atoms with E-state index in [-0.39, 0.29) is 11.4 Å². The maximum Gasteiger partial charge on any atom is 0.246 e. The van der Waals surface area contributed by atoms with Crippen molar-refractivity contribution in [1.29, 1.82) is 0 Å². The topological polar surface area (TPSA) is 92.1 Å². The zero-order valence-corrected chi connectivity index (χ0v) is 10.9. The normalized spacial score (nSPS) is 16.7. The molecule has 0 atom stereocenters. The van der Waals surface area contributed by atoms with Crippen LogP contribution in [0.5, 0.6) is 0 Å². The van der Waals surface area contributed by atoms with Gasteiger partial charge in [-0.25, -0.2) is 12.7 Å². The first-order valence-corrected chi connectivity index (χ1v) is 7.11. The zero-order valence-electron chi connectivity index (χ0n) is 10.1. The van der Waals surface area contributed by atoms with Gasteiger partial charge in [0.1, 0.15) is 4.90 Å². The molecule has 1 aromatic rings. The van der Waals surface area contributed by atoms with E-state index in [1.807, 2.05) is 0 Å². The van der Waals surface area contributed by atoms with Crippen molar-refractivity contribution in [2.75, 3.05) is 13.6 Å². The van der Waals surface area contributed by atoms with E-state index in [9.17, 15) is 8.42 Å². The van der Waals surface area contributed by atoms with E-state index in [1.54, 1.807) is 14.0 Å². The van der Waals surface area contributed by atoms with Gasteiger partial charge >= 0.3 is 0 Å². The summed E-state index contributed by atoms with van der Waals surface area (Å²) >= 11 is 0. The summed E-state index contributed by atoms with van der Waals surface area (Å²) in [6, 6.07) is 0. The number of aryl methyl sites for hydroxylation is 1. The second kappa shape index (κ2) is 4.40. The van der Waals surface area contributed by atoms with Crippen LogP contribution in [0.25, 0.3) is 0 Å². The number of hydrogen-bond donors (Lipinski definition) is 2. The van der Waals surface area contributed by atoms with Gasteiger partial charge in [0.05, 0.1) is 11.4 Å². The molecule has 1 aromatic heterocycles. The molecule has 0 bridgehead atoms. The summed E-state index contributed by atoms with van der Waals surface area (Å²) in [5.41, 5.74) is 6.47. The number of nitrogens with two attached hydrogens (primary N) is 1. The molecule has 3 N–H and O–H groups in total. The summed E-state index contributed by atoms with van der Waals surface area (Å²) in [4.78, 5) is 0.239. The number of aromatic nitrogens is 2. The summed E-state index contributed by atoms with van der Waals surface area (Å²) in [7, 11) is -1.85. The van der Waals surface area contributed by atoms with Gasteiger partial charge < -0.3 is 5.73 Å². The molecule has 17 heavy (non-hydrogen) atoms. The van der Waals surface area contributed by atoms with Crippen LogP contribution in [-0.4, -0.2) is 36.5 Å². The first-order valence-electron chi connectivity index (χ1n) is 5.67. The molecular weight excluding hydrogens is 240 g/mol. The van der Waals surface area contributed by atoms with E-state index in [2.05, 4.69) is 10.2 Å². The van der Waals surface area contributed by atoms with Crippen LogP contribution in [0.4, 0.5) is 0 Å². The highest BCUT2D eigenvalue weighted by atomic mass is 32.2. The fourth-order valence-corrected chi connectivity index (χ4v) is 3.45. The number of hydrogen-bond acceptors (Lipinski definition) is 4. The molecule has 1 heterocycles. The number of nitrogens with zero attached hydrogens (tertiary/aromatic N) is 2. The third-order valence-corrected chi connectivity index (χ3v) is 5.06. The van der Waals surface area contributed by atoms with Gasteiger partial charge in [0.2, 0.25) is 10.0 Å². The number of sulfonamides is 1. The van der Waals surface area contributed by atoms with E-state index < -0.39 is 10.0 Å². The van der Waals surface area contributed by atoms with E-state index >= 15 is 0 Å². The summed E-state index contributed by atoms with van der Waals surface area (Å²) in [6.07, 6.45) is 2.24. The second-order valence-electron chi connectivity index (χ2n) is 4.56. The Hall–Kier alpha value is -0.920. The van der Waals surface area contributed by atoms with E-state index in [4.69, 9.17) is 5.73 Å². The molecule has 96 valence electrons. The average Bonchev–Trinajstić information content (AvgIpc) is 2.99. The van der Waals surface area contributed by atoms with Gasteiger partial charge in [-0.15, -0.1) is 0 Å². The number of aromatic amines is 1. The molecule has 0 amide bonds. The Labute approximate surface area is 101 Å². The molecular formula is C10H18N4O2S. The summed E-state index contributed by atoms with van der Waals surface area (Å²) in [6.45, 7) is 2.40. The lowest BCUT2D eigenvalue weighted by Gasteiger charge is -2.17. The second-order valence-corrected chi connectivity index (χ2v) is 6.54. The summed E-state index contributed by atoms with van der Waals surface area (Å²) in [5, 5.41) is 6.60. The van der Waals surface area contributed by atoms with Crippen LogP contribution in [-0.2, 0) is 16.6 Å². The first-order chi connectivity index (χ1) is 7.96. The zero-order chi connectivity index (χ0) is 12.6. The van der Waals surface area contributed by atoms with Crippen molar-refractivity contribution in [2.24, 2.45) is 11.7 Å². The third-order valence-electron chi connectivity index (χ3n) is 3.04. The molecule has 2 rings (SSSR count). The van der Waals surface area contributed by atoms with Gasteiger partial charge in [-0.1, -0.05) is 0 Å². The van der Waals surface area contributed by atoms with Crippen LogP contribution in [0.3, 0.4) is 0 Å². The van der Waals surface area contributed by atoms with Crippen molar-refractivity contribution in [3.63, 3.8) is 0 Å². The van der Waals surface area contributed by atoms with Crippen molar-refractivity contribution in [1.82, 2.24) is 14.5 Å². The number of rotatable bonds is 5. The average molecular weight is 258 g/mol. The van der Waals surface area contributed by atoms with Crippen molar-refractivity contribution < 1.29 is 8.42 Å². The van der Waals surface area contributed by atoms with Gasteiger partial charge in [-0.2, -0.15) is 5.10 Å². The summed E-state index contributed by atoms with van der Waals surface area (Å²) in [5.74, 6) is 0.517. The lowest BCUT2D eigenvalue weighted by atomic mass is 10.4. The van der Waals surface area contributed by atoms with Crippen LogP contribution in [0.1, 0.15) is 24.2 Å². The van der Waals surface area contributed by atoms with Gasteiger partial charge in [0.15, 0.2) is 0 Å². The van der Waals surface area contributed by atoms with Crippen LogP contribution in [0.2, 0.25) is 0 Å². The monoisotopic (exact) mass is 258 g/mol. The quantitative estimate of drug-likeness (QED) is 0.789. The molecule has 1 aliphatic rings. The maximum absolute atomic E-state index is 12.4. The maximum atomic E-state index is 12.4. The minimum absolute atomic E-state index is 0.121. The van der Waals surface area contributed by atoms with Crippen molar-refractivity contribution in [3.05, 3.63) is 11.4 Å². The fraction of sp³-hybridized carbons (Fsp3) is 0.700. The minimum atomic E-state index is -3.46. The van der Waals surface area contributed by atoms with Gasteiger partial charge in [-0.3, -0.25) is 5.10 Å². The third kappa shape index (κ3) is 2.36. The molecule has 0 aromatic carbocycles. The Morgan fingerprint density at radius 3 is 2.71 bits per heavy atom. The minimum Gasteiger partial charge on any atom is -0.325 e. The molecule has 6 nitrogen and oxygen atoms in total. The molecule has 0 radical (unpaired) electrons. The molecule has 1 saturated carbocycles. The Balaban J connectivity index is 2.32. The highest BCUT2D eigenvalue weighted by Crippen LogP contribution is 2.31. The lowest BCUT2D eigenvalue weighted by Crippen LogP contribution is -2.30. The van der Waals surface area contributed by atoms with E-state index in [1.165, 1.54) is 4.31 Å². The SMILES string of the molecule is Cc1[nH]nc(CN)c1S(=O)(=O)N(C)CC1CC1. The predicted molar refractivity (Wildman–Crippen MR) is 63.8 cm³/mol. The lowest BCUT2D eigenvalue weighted by molar-refractivity contribution is 0.452. The van der Waals surface area contributed by atoms with Crippen molar-refractivity contribution in [3.8, 4) is 0 Å². The van der Waals surface area contributed by atoms with Gasteiger partial charge in [-0.05, 0) is 25.7 Å². The summed E-state index contributed by atoms with van der Waals surface area (Å²) < 4.78 is 26.1. The van der Waals surface area contributed by atoms with Crippen LogP contribution >= 0.6 is 0 Å². The fourth-order valence-electron chi connectivity index (χ4n) is 1.87. The molecule has 0 spiro atoms. The first kappa shape index (κ1) is 12.5. The highest BCUT2D eigenvalue weighted by molar-refractivity contribution is 7.89. The van der Waals surface area contributed by atoms with Gasteiger partial charge in [0.25, 0.3) is 0 Å². The van der Waals surface area contributed by atoms with E-state index in [0.717, 1.165) is 12.8 Å². The standard InChI is InChI=1S/C10H18N4O2S/c1-7-10(9(5-11)13-12-7)17(15,16)14(2)6-8-3-4-8/h8H,3-6,11H2,1-2H3,(H,12,13). The Kier molecular flexibility index (Phi) is 3.24. The van der Waals surface area contributed by atoms with Crippen molar-refractivity contribution in [2.45, 2.75) is 31.2 Å². The molecule has 0 aliphatic heterocycles. The number of H-pyrrole nitrogens is 1. The molecule has 0 unspecified atom stereocenters. The van der Waals surface area contributed by atoms with Crippen LogP contribution < -0.4 is 5.73 Å². The van der Waals surface area contributed by atoms with Crippen LogP contribution in [0, 0.1) is 12.8 Å². The largest absolute Gasteiger partial charge is 0.325 e. The highest BCUT2D eigenvalue weighted by Gasteiger charge is 2.32. The van der Waals surface area contributed by atoms with Gasteiger partial charge in [0, 0.05) is 20.1 Å². The Bertz CT molecular complexity index is 504. The molecule has 1 fully saturated rings. The number of nitrogens with one attached hydrogen (secondary N) is 1. The van der Waals surface area contributed by atoms with Crippen LogP contribution in [0.15, 0.2) is 4.90 Å². The Morgan fingerprint density at radius 2 is 2.18 bits per heavy atom. The Morgan fingerprint density at radius 1 is 1.53 bits per heavy atom. The van der Waals surface area contributed by atoms with E-state index in [0.29, 0.717) is 23.9 Å². The van der Waals surface area contributed by atoms with Crippen molar-refractivity contribution >= 4 is 10.0 Å². The smallest absolute Gasteiger partial charge is 0.246 e. The molecule has 7 heteroatoms. The molecule has 0 saturated heterocycles. The predicted octanol–water partition coefficient (Wildman–Crippen LogP) is 0.207. The molecule has 1 aliphatic carbocycles.